The van der Waals surface area contributed by atoms with Crippen molar-refractivity contribution >= 4 is 10.8 Å². The molecular weight excluding hydrogens is 571 g/mol. The zero-order valence-electron chi connectivity index (χ0n) is 27.2. The highest BCUT2D eigenvalue weighted by atomic mass is 15.0. The molecule has 3 heteroatoms. The summed E-state index contributed by atoms with van der Waals surface area (Å²) in [6, 6.07) is 42.0. The number of rotatable bonds is 3. The van der Waals surface area contributed by atoms with Gasteiger partial charge in [0.05, 0.1) is 0 Å². The summed E-state index contributed by atoms with van der Waals surface area (Å²) < 4.78 is 0. The molecule has 1 aromatic heterocycles. The first-order valence-corrected chi connectivity index (χ1v) is 17.5. The van der Waals surface area contributed by atoms with Crippen molar-refractivity contribution in [1.29, 1.82) is 0 Å². The Morgan fingerprint density at radius 1 is 0.447 bits per heavy atom. The van der Waals surface area contributed by atoms with Gasteiger partial charge < -0.3 is 0 Å². The second-order valence-corrected chi connectivity index (χ2v) is 15.3. The van der Waals surface area contributed by atoms with E-state index < -0.39 is 0 Å². The van der Waals surface area contributed by atoms with Crippen LogP contribution < -0.4 is 0 Å². The van der Waals surface area contributed by atoms with Gasteiger partial charge in [-0.3, -0.25) is 0 Å². The normalized spacial score (nSPS) is 26.3. The molecule has 0 N–H and O–H groups in total. The molecule has 230 valence electrons. The SMILES string of the molecule is CC1(C)c2ccccc2C2(c3ccc(-c4nc(-c5ccccc5)nc(-c5ccc6ccccc6c5)n4)cc31)C1CC3CC(C1)CC2C3. The van der Waals surface area contributed by atoms with Gasteiger partial charge in [-0.1, -0.05) is 117 Å². The molecule has 0 amide bonds. The van der Waals surface area contributed by atoms with E-state index in [1.807, 2.05) is 6.07 Å². The summed E-state index contributed by atoms with van der Waals surface area (Å²) in [4.78, 5) is 15.4. The average molecular weight is 610 g/mol. The van der Waals surface area contributed by atoms with Gasteiger partial charge in [-0.2, -0.15) is 0 Å². The Morgan fingerprint density at radius 3 is 1.68 bits per heavy atom. The van der Waals surface area contributed by atoms with Crippen LogP contribution in [0.3, 0.4) is 0 Å². The van der Waals surface area contributed by atoms with Crippen LogP contribution in [0.15, 0.2) is 115 Å². The molecule has 5 aliphatic rings. The molecule has 0 unspecified atom stereocenters. The van der Waals surface area contributed by atoms with Crippen molar-refractivity contribution < 1.29 is 0 Å². The molecule has 3 nitrogen and oxygen atoms in total. The number of benzene rings is 5. The fraction of sp³-hybridized carbons (Fsp3) is 0.295. The lowest BCUT2D eigenvalue weighted by atomic mass is 9.39. The first-order chi connectivity index (χ1) is 23.0. The predicted molar refractivity (Wildman–Crippen MR) is 190 cm³/mol. The molecular formula is C44H39N3. The summed E-state index contributed by atoms with van der Waals surface area (Å²) in [6.07, 6.45) is 6.99. The number of aromatic nitrogens is 3. The molecule has 4 saturated carbocycles. The van der Waals surface area contributed by atoms with Gasteiger partial charge >= 0.3 is 0 Å². The fourth-order valence-corrected chi connectivity index (χ4v) is 10.7. The second-order valence-electron chi connectivity index (χ2n) is 15.3. The topological polar surface area (TPSA) is 38.7 Å². The van der Waals surface area contributed by atoms with Crippen LogP contribution in [0, 0.1) is 23.7 Å². The van der Waals surface area contributed by atoms with Crippen molar-refractivity contribution in [1.82, 2.24) is 15.0 Å². The third-order valence-electron chi connectivity index (χ3n) is 12.5. The highest BCUT2D eigenvalue weighted by Crippen LogP contribution is 2.68. The van der Waals surface area contributed by atoms with Crippen molar-refractivity contribution in [3.8, 4) is 34.2 Å². The molecule has 0 aliphatic heterocycles. The van der Waals surface area contributed by atoms with Crippen LogP contribution in [0.25, 0.3) is 44.9 Å². The highest BCUT2D eigenvalue weighted by Gasteiger charge is 2.62. The Hall–Kier alpha value is -4.63. The minimum Gasteiger partial charge on any atom is -0.208 e. The molecule has 4 bridgehead atoms. The number of hydrogen-bond donors (Lipinski definition) is 0. The molecule has 0 radical (unpaired) electrons. The maximum Gasteiger partial charge on any atom is 0.164 e. The summed E-state index contributed by atoms with van der Waals surface area (Å²) in [5.74, 6) is 5.44. The van der Waals surface area contributed by atoms with E-state index in [4.69, 9.17) is 15.0 Å². The average Bonchev–Trinajstić information content (AvgIpc) is 3.11. The zero-order chi connectivity index (χ0) is 31.3. The van der Waals surface area contributed by atoms with Crippen LogP contribution in [0.2, 0.25) is 0 Å². The first kappa shape index (κ1) is 27.5. The van der Waals surface area contributed by atoms with E-state index in [2.05, 4.69) is 123 Å². The van der Waals surface area contributed by atoms with Crippen LogP contribution in [-0.2, 0) is 10.8 Å². The van der Waals surface area contributed by atoms with Crippen LogP contribution in [0.5, 0.6) is 0 Å². The third-order valence-corrected chi connectivity index (χ3v) is 12.5. The van der Waals surface area contributed by atoms with Gasteiger partial charge in [-0.25, -0.2) is 15.0 Å². The smallest absolute Gasteiger partial charge is 0.164 e. The predicted octanol–water partition coefficient (Wildman–Crippen LogP) is 10.4. The Bertz CT molecular complexity index is 2170. The Labute approximate surface area is 277 Å². The number of nitrogens with zero attached hydrogens (tertiary/aromatic N) is 3. The minimum absolute atomic E-state index is 0.109. The lowest BCUT2D eigenvalue weighted by molar-refractivity contribution is -0.0443. The molecule has 5 aromatic carbocycles. The van der Waals surface area contributed by atoms with Crippen molar-refractivity contribution in [2.45, 2.75) is 56.8 Å². The lowest BCUT2D eigenvalue weighted by Crippen LogP contribution is -2.58. The van der Waals surface area contributed by atoms with Gasteiger partial charge in [0.15, 0.2) is 17.5 Å². The van der Waals surface area contributed by atoms with E-state index in [1.54, 1.807) is 11.1 Å². The van der Waals surface area contributed by atoms with Crippen LogP contribution in [0.4, 0.5) is 0 Å². The molecule has 0 saturated heterocycles. The summed E-state index contributed by atoms with van der Waals surface area (Å²) in [5, 5.41) is 2.40. The zero-order valence-corrected chi connectivity index (χ0v) is 27.2. The van der Waals surface area contributed by atoms with Crippen LogP contribution >= 0.6 is 0 Å². The maximum absolute atomic E-state index is 5.20. The Morgan fingerprint density at radius 2 is 0.979 bits per heavy atom. The first-order valence-electron chi connectivity index (χ1n) is 17.5. The standard InChI is InChI=1S/C44H39N3/c1-43(2)36-14-8-9-15-37(36)44(34-21-27-20-28(23-34)24-35(44)22-27)38-19-18-33(26-39(38)43)42-46-40(30-11-4-3-5-12-30)45-41(47-42)32-17-16-29-10-6-7-13-31(29)25-32/h3-19,25-28,34-35H,20-24H2,1-2H3. The third kappa shape index (κ3) is 3.95. The molecule has 4 fully saturated rings. The maximum atomic E-state index is 5.20. The van der Waals surface area contributed by atoms with E-state index >= 15 is 0 Å². The molecule has 6 aromatic rings. The van der Waals surface area contributed by atoms with Crippen LogP contribution in [0.1, 0.15) is 68.2 Å². The molecule has 0 atom stereocenters. The minimum atomic E-state index is -0.127. The van der Waals surface area contributed by atoms with E-state index in [9.17, 15) is 0 Å². The molecule has 1 heterocycles. The molecule has 5 aliphatic carbocycles. The quantitative estimate of drug-likeness (QED) is 0.200. The van der Waals surface area contributed by atoms with Gasteiger partial charge in [-0.05, 0) is 101 Å². The van der Waals surface area contributed by atoms with E-state index in [-0.39, 0.29) is 10.8 Å². The fourth-order valence-electron chi connectivity index (χ4n) is 10.7. The Kier molecular flexibility index (Phi) is 5.81. The summed E-state index contributed by atoms with van der Waals surface area (Å²) in [5.41, 5.74) is 9.20. The monoisotopic (exact) mass is 609 g/mol. The van der Waals surface area contributed by atoms with Crippen molar-refractivity contribution in [3.63, 3.8) is 0 Å². The van der Waals surface area contributed by atoms with E-state index in [0.717, 1.165) is 46.2 Å². The van der Waals surface area contributed by atoms with Gasteiger partial charge in [0.1, 0.15) is 0 Å². The van der Waals surface area contributed by atoms with Gasteiger partial charge in [-0.15, -0.1) is 0 Å². The van der Waals surface area contributed by atoms with Crippen LogP contribution in [-0.4, -0.2) is 15.0 Å². The highest BCUT2D eigenvalue weighted by molar-refractivity contribution is 5.86. The van der Waals surface area contributed by atoms with E-state index in [0.29, 0.717) is 11.6 Å². The summed E-state index contributed by atoms with van der Waals surface area (Å²) >= 11 is 0. The number of hydrogen-bond acceptors (Lipinski definition) is 3. The van der Waals surface area contributed by atoms with Gasteiger partial charge in [0, 0.05) is 27.5 Å². The van der Waals surface area contributed by atoms with Gasteiger partial charge in [0.25, 0.3) is 0 Å². The molecule has 47 heavy (non-hydrogen) atoms. The number of fused-ring (bicyclic) bond motifs is 3. The van der Waals surface area contributed by atoms with Crippen molar-refractivity contribution in [3.05, 3.63) is 138 Å². The second kappa shape index (κ2) is 9.94. The largest absolute Gasteiger partial charge is 0.208 e. The van der Waals surface area contributed by atoms with E-state index in [1.165, 1.54) is 54.0 Å². The molecule has 11 rings (SSSR count). The summed E-state index contributed by atoms with van der Waals surface area (Å²) in [7, 11) is 0. The van der Waals surface area contributed by atoms with Crippen molar-refractivity contribution in [2.24, 2.45) is 23.7 Å². The molecule has 1 spiro atoms. The summed E-state index contributed by atoms with van der Waals surface area (Å²) in [6.45, 7) is 4.86. The van der Waals surface area contributed by atoms with Crippen molar-refractivity contribution in [2.75, 3.05) is 0 Å². The lowest BCUT2D eigenvalue weighted by Gasteiger charge is -2.64. The van der Waals surface area contributed by atoms with Gasteiger partial charge in [0.2, 0.25) is 0 Å². The Balaban J connectivity index is 1.18.